The second-order valence-corrected chi connectivity index (χ2v) is 5.40. The number of nitrogens with one attached hydrogen (secondary N) is 1. The molecule has 4 nitrogen and oxygen atoms in total. The van der Waals surface area contributed by atoms with Crippen LogP contribution in [0.4, 0.5) is 11.4 Å². The molecule has 3 aromatic rings. The van der Waals surface area contributed by atoms with Crippen LogP contribution < -0.4 is 15.8 Å². The van der Waals surface area contributed by atoms with E-state index in [-0.39, 0.29) is 0 Å². The molecule has 3 aromatic carbocycles. The summed E-state index contributed by atoms with van der Waals surface area (Å²) in [4.78, 5) is 4.36. The highest BCUT2D eigenvalue weighted by atomic mass is 16.5. The van der Waals surface area contributed by atoms with Crippen molar-refractivity contribution in [2.45, 2.75) is 6.92 Å². The summed E-state index contributed by atoms with van der Waals surface area (Å²) in [6.45, 7) is 2.03. The monoisotopic (exact) mass is 317 g/mol. The number of aryl methyl sites for hydroxylation is 1. The van der Waals surface area contributed by atoms with Gasteiger partial charge in [-0.2, -0.15) is 0 Å². The van der Waals surface area contributed by atoms with Crippen LogP contribution in [0.3, 0.4) is 0 Å². The van der Waals surface area contributed by atoms with Gasteiger partial charge in [-0.05, 0) is 61.0 Å². The zero-order valence-electron chi connectivity index (χ0n) is 13.4. The smallest absolute Gasteiger partial charge is 0.198 e. The Morgan fingerprint density at radius 1 is 0.875 bits per heavy atom. The number of para-hydroxylation sites is 1. The molecule has 120 valence electrons. The Morgan fingerprint density at radius 3 is 2.29 bits per heavy atom. The Morgan fingerprint density at radius 2 is 1.58 bits per heavy atom. The van der Waals surface area contributed by atoms with Crippen LogP contribution in [0.15, 0.2) is 83.9 Å². The van der Waals surface area contributed by atoms with Crippen LogP contribution in [0.2, 0.25) is 0 Å². The molecule has 0 fully saturated rings. The van der Waals surface area contributed by atoms with Gasteiger partial charge in [0.25, 0.3) is 0 Å². The molecule has 0 atom stereocenters. The SMILES string of the molecule is Cc1cccc(NC(N)=Nc2ccc(Oc3ccccc3)cc2)c1. The van der Waals surface area contributed by atoms with Crippen molar-refractivity contribution in [2.24, 2.45) is 10.7 Å². The number of ether oxygens (including phenoxy) is 1. The summed E-state index contributed by atoms with van der Waals surface area (Å²) >= 11 is 0. The highest BCUT2D eigenvalue weighted by Crippen LogP contribution is 2.23. The van der Waals surface area contributed by atoms with Gasteiger partial charge in [-0.25, -0.2) is 4.99 Å². The van der Waals surface area contributed by atoms with Gasteiger partial charge in [-0.1, -0.05) is 30.3 Å². The van der Waals surface area contributed by atoms with Gasteiger partial charge in [0.2, 0.25) is 0 Å². The molecule has 0 saturated carbocycles. The van der Waals surface area contributed by atoms with E-state index in [9.17, 15) is 0 Å². The highest BCUT2D eigenvalue weighted by molar-refractivity contribution is 5.94. The third kappa shape index (κ3) is 4.36. The third-order valence-electron chi connectivity index (χ3n) is 3.36. The Bertz CT molecular complexity index is 827. The maximum atomic E-state index is 5.96. The average molecular weight is 317 g/mol. The van der Waals surface area contributed by atoms with Gasteiger partial charge in [0.05, 0.1) is 5.69 Å². The zero-order valence-corrected chi connectivity index (χ0v) is 13.4. The van der Waals surface area contributed by atoms with E-state index in [0.717, 1.165) is 28.4 Å². The molecule has 0 aromatic heterocycles. The van der Waals surface area contributed by atoms with Gasteiger partial charge in [0.15, 0.2) is 5.96 Å². The van der Waals surface area contributed by atoms with Crippen molar-refractivity contribution < 1.29 is 4.74 Å². The molecule has 0 amide bonds. The van der Waals surface area contributed by atoms with Gasteiger partial charge in [-0.15, -0.1) is 0 Å². The van der Waals surface area contributed by atoms with Gasteiger partial charge in [0, 0.05) is 5.69 Å². The minimum Gasteiger partial charge on any atom is -0.457 e. The van der Waals surface area contributed by atoms with E-state index >= 15 is 0 Å². The van der Waals surface area contributed by atoms with Crippen molar-refractivity contribution in [1.82, 2.24) is 0 Å². The molecule has 0 spiro atoms. The van der Waals surface area contributed by atoms with Crippen LogP contribution in [0, 0.1) is 6.92 Å². The van der Waals surface area contributed by atoms with E-state index < -0.39 is 0 Å². The highest BCUT2D eigenvalue weighted by Gasteiger charge is 1.99. The van der Waals surface area contributed by atoms with Crippen molar-refractivity contribution in [1.29, 1.82) is 0 Å². The summed E-state index contributed by atoms with van der Waals surface area (Å²) < 4.78 is 5.75. The Hall–Kier alpha value is -3.27. The number of guanidine groups is 1. The fourth-order valence-electron chi connectivity index (χ4n) is 2.25. The topological polar surface area (TPSA) is 59.6 Å². The van der Waals surface area contributed by atoms with E-state index in [1.165, 1.54) is 0 Å². The van der Waals surface area contributed by atoms with E-state index in [4.69, 9.17) is 10.5 Å². The van der Waals surface area contributed by atoms with E-state index in [2.05, 4.69) is 10.3 Å². The number of aliphatic imine (C=N–C) groups is 1. The summed E-state index contributed by atoms with van der Waals surface area (Å²) in [5.41, 5.74) is 8.79. The molecular weight excluding hydrogens is 298 g/mol. The number of nitrogens with zero attached hydrogens (tertiary/aromatic N) is 1. The maximum Gasteiger partial charge on any atom is 0.198 e. The van der Waals surface area contributed by atoms with Crippen LogP contribution in [-0.2, 0) is 0 Å². The van der Waals surface area contributed by atoms with Gasteiger partial charge < -0.3 is 15.8 Å². The molecule has 24 heavy (non-hydrogen) atoms. The summed E-state index contributed by atoms with van der Waals surface area (Å²) in [6.07, 6.45) is 0. The molecule has 0 aliphatic rings. The average Bonchev–Trinajstić information content (AvgIpc) is 2.57. The Balaban J connectivity index is 1.66. The normalized spacial score (nSPS) is 11.1. The number of nitrogens with two attached hydrogens (primary N) is 1. The van der Waals surface area contributed by atoms with Crippen LogP contribution in [0.25, 0.3) is 0 Å². The molecule has 3 N–H and O–H groups in total. The van der Waals surface area contributed by atoms with Crippen LogP contribution >= 0.6 is 0 Å². The number of rotatable bonds is 4. The first-order valence-electron chi connectivity index (χ1n) is 7.70. The minimum atomic E-state index is 0.345. The molecule has 0 radical (unpaired) electrons. The lowest BCUT2D eigenvalue weighted by Gasteiger charge is -2.07. The van der Waals surface area contributed by atoms with Crippen molar-refractivity contribution in [3.05, 3.63) is 84.4 Å². The van der Waals surface area contributed by atoms with Crippen LogP contribution in [0.1, 0.15) is 5.56 Å². The molecule has 4 heteroatoms. The molecule has 0 unspecified atom stereocenters. The first-order valence-corrected chi connectivity index (χ1v) is 7.70. The molecule has 0 aliphatic carbocycles. The summed E-state index contributed by atoms with van der Waals surface area (Å²) in [5, 5.41) is 3.08. The second kappa shape index (κ2) is 7.33. The first-order chi connectivity index (χ1) is 11.7. The van der Waals surface area contributed by atoms with Gasteiger partial charge in [0.1, 0.15) is 11.5 Å². The first kappa shape index (κ1) is 15.6. The fraction of sp³-hybridized carbons (Fsp3) is 0.0500. The van der Waals surface area contributed by atoms with Crippen LogP contribution in [-0.4, -0.2) is 5.96 Å². The second-order valence-electron chi connectivity index (χ2n) is 5.40. The van der Waals surface area contributed by atoms with Crippen molar-refractivity contribution in [3.63, 3.8) is 0 Å². The molecule has 0 saturated heterocycles. The standard InChI is InChI=1S/C20H19N3O/c1-15-6-5-7-17(14-15)23-20(21)22-16-10-12-19(13-11-16)24-18-8-3-2-4-9-18/h2-14H,1H3,(H3,21,22,23). The Kier molecular flexibility index (Phi) is 4.77. The molecule has 0 bridgehead atoms. The number of anilines is 1. The number of hydrogen-bond acceptors (Lipinski definition) is 2. The number of benzene rings is 3. The lowest BCUT2D eigenvalue weighted by atomic mass is 10.2. The van der Waals surface area contributed by atoms with Gasteiger partial charge in [-0.3, -0.25) is 0 Å². The molecule has 0 heterocycles. The summed E-state index contributed by atoms with van der Waals surface area (Å²) in [6, 6.07) is 25.1. The lowest BCUT2D eigenvalue weighted by Crippen LogP contribution is -2.21. The number of hydrogen-bond donors (Lipinski definition) is 2. The van der Waals surface area contributed by atoms with Crippen LogP contribution in [0.5, 0.6) is 11.5 Å². The largest absolute Gasteiger partial charge is 0.457 e. The fourth-order valence-corrected chi connectivity index (χ4v) is 2.25. The van der Waals surface area contributed by atoms with Crippen molar-refractivity contribution in [3.8, 4) is 11.5 Å². The summed E-state index contributed by atoms with van der Waals surface area (Å²) in [5.74, 6) is 1.90. The summed E-state index contributed by atoms with van der Waals surface area (Å²) in [7, 11) is 0. The van der Waals surface area contributed by atoms with E-state index in [0.29, 0.717) is 5.96 Å². The van der Waals surface area contributed by atoms with E-state index in [1.54, 1.807) is 0 Å². The third-order valence-corrected chi connectivity index (χ3v) is 3.36. The van der Waals surface area contributed by atoms with Crippen molar-refractivity contribution in [2.75, 3.05) is 5.32 Å². The maximum absolute atomic E-state index is 5.96. The van der Waals surface area contributed by atoms with Crippen molar-refractivity contribution >= 4 is 17.3 Å². The molecule has 3 rings (SSSR count). The Labute approximate surface area is 141 Å². The van der Waals surface area contributed by atoms with Gasteiger partial charge >= 0.3 is 0 Å². The van der Waals surface area contributed by atoms with E-state index in [1.807, 2.05) is 85.8 Å². The molecule has 0 aliphatic heterocycles. The minimum absolute atomic E-state index is 0.345. The molecular formula is C20H19N3O. The quantitative estimate of drug-likeness (QED) is 0.534. The predicted octanol–water partition coefficient (Wildman–Crippen LogP) is 4.85. The zero-order chi connectivity index (χ0) is 16.8. The predicted molar refractivity (Wildman–Crippen MR) is 99.0 cm³/mol. The lowest BCUT2D eigenvalue weighted by molar-refractivity contribution is 0.483.